The molecule has 0 amide bonds. The van der Waals surface area contributed by atoms with Crippen molar-refractivity contribution in [3.63, 3.8) is 0 Å². The van der Waals surface area contributed by atoms with E-state index in [-0.39, 0.29) is 0 Å². The van der Waals surface area contributed by atoms with Gasteiger partial charge in [-0.15, -0.1) is 0 Å². The second-order valence-electron chi connectivity index (χ2n) is 5.99. The van der Waals surface area contributed by atoms with E-state index in [9.17, 15) is 0 Å². The molecule has 2 aromatic carbocycles. The molecule has 0 aliphatic carbocycles. The lowest BCUT2D eigenvalue weighted by molar-refractivity contribution is 1.15. The molecule has 3 heterocycles. The molecule has 0 aliphatic rings. The van der Waals surface area contributed by atoms with Crippen molar-refractivity contribution in [2.24, 2.45) is 0 Å². The topological polar surface area (TPSA) is 30.2 Å². The Morgan fingerprint density at radius 1 is 0.680 bits per heavy atom. The van der Waals surface area contributed by atoms with Crippen LogP contribution in [0.3, 0.4) is 0 Å². The molecule has 5 aromatic rings. The Bertz CT molecular complexity index is 1180. The van der Waals surface area contributed by atoms with Gasteiger partial charge in [-0.1, -0.05) is 66.7 Å². The van der Waals surface area contributed by atoms with Gasteiger partial charge in [0.2, 0.25) is 0 Å². The third-order valence-corrected chi connectivity index (χ3v) is 4.48. The first-order valence-corrected chi connectivity index (χ1v) is 8.28. The molecule has 0 spiro atoms. The van der Waals surface area contributed by atoms with Crippen LogP contribution in [0.5, 0.6) is 0 Å². The van der Waals surface area contributed by atoms with Crippen LogP contribution in [0.25, 0.3) is 39.1 Å². The molecule has 0 unspecified atom stereocenters. The standard InChI is InChI=1S/C22H15N3/c1-3-9-16(10-4-1)20-18-15-23-21(17-11-5-2-6-12-17)24-22(18)25-14-8-7-13-19(20)25/h1-15H. The van der Waals surface area contributed by atoms with Crippen LogP contribution in [0.15, 0.2) is 91.3 Å². The first-order valence-electron chi connectivity index (χ1n) is 8.28. The number of fused-ring (bicyclic) bond motifs is 3. The normalized spacial score (nSPS) is 11.2. The van der Waals surface area contributed by atoms with Gasteiger partial charge in [-0.2, -0.15) is 0 Å². The average Bonchev–Trinajstić information content (AvgIpc) is 3.03. The summed E-state index contributed by atoms with van der Waals surface area (Å²) < 4.78 is 2.14. The van der Waals surface area contributed by atoms with Gasteiger partial charge in [-0.25, -0.2) is 9.97 Å². The van der Waals surface area contributed by atoms with Gasteiger partial charge in [0.1, 0.15) is 5.65 Å². The molecule has 0 saturated heterocycles. The zero-order chi connectivity index (χ0) is 16.6. The lowest BCUT2D eigenvalue weighted by Crippen LogP contribution is -1.91. The minimum absolute atomic E-state index is 0.746. The summed E-state index contributed by atoms with van der Waals surface area (Å²) in [5, 5.41) is 1.07. The molecule has 5 rings (SSSR count). The minimum atomic E-state index is 0.746. The molecule has 118 valence electrons. The number of pyridine rings is 1. The van der Waals surface area contributed by atoms with Crippen molar-refractivity contribution in [1.82, 2.24) is 14.4 Å². The quantitative estimate of drug-likeness (QED) is 0.446. The Morgan fingerprint density at radius 2 is 1.36 bits per heavy atom. The van der Waals surface area contributed by atoms with E-state index in [4.69, 9.17) is 4.98 Å². The lowest BCUT2D eigenvalue weighted by atomic mass is 10.0. The second-order valence-corrected chi connectivity index (χ2v) is 5.99. The molecule has 0 fully saturated rings. The van der Waals surface area contributed by atoms with Crippen LogP contribution in [-0.2, 0) is 0 Å². The van der Waals surface area contributed by atoms with E-state index in [1.54, 1.807) is 0 Å². The molecule has 3 nitrogen and oxygen atoms in total. The van der Waals surface area contributed by atoms with Gasteiger partial charge in [-0.3, -0.25) is 0 Å². The highest BCUT2D eigenvalue weighted by Crippen LogP contribution is 2.34. The van der Waals surface area contributed by atoms with Crippen LogP contribution in [0.4, 0.5) is 0 Å². The van der Waals surface area contributed by atoms with Gasteiger partial charge >= 0.3 is 0 Å². The van der Waals surface area contributed by atoms with E-state index >= 15 is 0 Å². The monoisotopic (exact) mass is 321 g/mol. The van der Waals surface area contributed by atoms with Gasteiger partial charge in [0, 0.05) is 28.9 Å². The molecule has 25 heavy (non-hydrogen) atoms. The highest BCUT2D eigenvalue weighted by Gasteiger charge is 2.15. The maximum Gasteiger partial charge on any atom is 0.161 e. The van der Waals surface area contributed by atoms with Crippen LogP contribution >= 0.6 is 0 Å². The summed E-state index contributed by atoms with van der Waals surface area (Å²) in [6, 6.07) is 26.7. The summed E-state index contributed by atoms with van der Waals surface area (Å²) in [5.41, 5.74) is 5.45. The molecule has 0 saturated carbocycles. The zero-order valence-corrected chi connectivity index (χ0v) is 13.5. The van der Waals surface area contributed by atoms with Crippen LogP contribution in [0.1, 0.15) is 0 Å². The molecule has 0 atom stereocenters. The lowest BCUT2D eigenvalue weighted by Gasteiger charge is -2.01. The summed E-state index contributed by atoms with van der Waals surface area (Å²) in [5.74, 6) is 0.746. The Balaban J connectivity index is 1.86. The molecule has 0 bridgehead atoms. The summed E-state index contributed by atoms with van der Waals surface area (Å²) in [6.45, 7) is 0. The fraction of sp³-hybridized carbons (Fsp3) is 0. The largest absolute Gasteiger partial charge is 0.301 e. The molecular weight excluding hydrogens is 306 g/mol. The Kier molecular flexibility index (Phi) is 3.10. The SMILES string of the molecule is c1ccc(-c2ncc3c(-c4ccccc4)c4ccccn4c3n2)cc1. The minimum Gasteiger partial charge on any atom is -0.301 e. The number of nitrogens with zero attached hydrogens (tertiary/aromatic N) is 3. The molecule has 0 aliphatic heterocycles. The maximum atomic E-state index is 4.87. The predicted octanol–water partition coefficient (Wildman–Crippen LogP) is 5.22. The van der Waals surface area contributed by atoms with Crippen molar-refractivity contribution >= 4 is 16.6 Å². The number of aromatic nitrogens is 3. The van der Waals surface area contributed by atoms with Crippen molar-refractivity contribution in [3.05, 3.63) is 91.3 Å². The van der Waals surface area contributed by atoms with E-state index in [0.29, 0.717) is 0 Å². The Hall–Kier alpha value is -3.46. The highest BCUT2D eigenvalue weighted by atomic mass is 15.0. The van der Waals surface area contributed by atoms with E-state index in [1.807, 2.05) is 48.7 Å². The van der Waals surface area contributed by atoms with Gasteiger partial charge in [0.15, 0.2) is 5.82 Å². The van der Waals surface area contributed by atoms with E-state index in [2.05, 4.69) is 52.0 Å². The number of hydrogen-bond acceptors (Lipinski definition) is 2. The van der Waals surface area contributed by atoms with Crippen molar-refractivity contribution in [2.75, 3.05) is 0 Å². The van der Waals surface area contributed by atoms with Crippen molar-refractivity contribution in [2.45, 2.75) is 0 Å². The molecule has 0 radical (unpaired) electrons. The summed E-state index contributed by atoms with van der Waals surface area (Å²) in [4.78, 5) is 9.51. The Labute approximate surface area is 145 Å². The number of hydrogen-bond donors (Lipinski definition) is 0. The molecule has 0 N–H and O–H groups in total. The molecule has 3 heteroatoms. The van der Waals surface area contributed by atoms with Crippen LogP contribution < -0.4 is 0 Å². The van der Waals surface area contributed by atoms with Crippen LogP contribution in [0.2, 0.25) is 0 Å². The van der Waals surface area contributed by atoms with E-state index < -0.39 is 0 Å². The number of rotatable bonds is 2. The van der Waals surface area contributed by atoms with E-state index in [1.165, 1.54) is 11.1 Å². The van der Waals surface area contributed by atoms with Gasteiger partial charge in [-0.05, 0) is 17.7 Å². The van der Waals surface area contributed by atoms with Gasteiger partial charge in [0.05, 0.1) is 5.52 Å². The number of benzene rings is 2. The summed E-state index contributed by atoms with van der Waals surface area (Å²) in [7, 11) is 0. The highest BCUT2D eigenvalue weighted by molar-refractivity contribution is 6.04. The fourth-order valence-electron chi connectivity index (χ4n) is 3.34. The molecule has 3 aromatic heterocycles. The van der Waals surface area contributed by atoms with Crippen molar-refractivity contribution in [3.8, 4) is 22.5 Å². The zero-order valence-electron chi connectivity index (χ0n) is 13.5. The first-order chi connectivity index (χ1) is 12.4. The fourth-order valence-corrected chi connectivity index (χ4v) is 3.34. The predicted molar refractivity (Wildman–Crippen MR) is 101 cm³/mol. The first kappa shape index (κ1) is 13.9. The smallest absolute Gasteiger partial charge is 0.161 e. The second kappa shape index (κ2) is 5.56. The van der Waals surface area contributed by atoms with Crippen LogP contribution in [0, 0.1) is 0 Å². The summed E-state index contributed by atoms with van der Waals surface area (Å²) >= 11 is 0. The van der Waals surface area contributed by atoms with Gasteiger partial charge < -0.3 is 4.40 Å². The van der Waals surface area contributed by atoms with Crippen LogP contribution in [-0.4, -0.2) is 14.4 Å². The summed E-state index contributed by atoms with van der Waals surface area (Å²) in [6.07, 6.45) is 4.01. The van der Waals surface area contributed by atoms with Crippen molar-refractivity contribution in [1.29, 1.82) is 0 Å². The maximum absolute atomic E-state index is 4.87. The average molecular weight is 321 g/mol. The van der Waals surface area contributed by atoms with Gasteiger partial charge in [0.25, 0.3) is 0 Å². The Morgan fingerprint density at radius 3 is 2.12 bits per heavy atom. The third kappa shape index (κ3) is 2.21. The van der Waals surface area contributed by atoms with E-state index in [0.717, 1.165) is 27.9 Å². The molecular formula is C22H15N3. The van der Waals surface area contributed by atoms with Crippen molar-refractivity contribution < 1.29 is 0 Å². The third-order valence-electron chi connectivity index (χ3n) is 4.48.